The Balaban J connectivity index is 1.34. The highest BCUT2D eigenvalue weighted by molar-refractivity contribution is 5.81. The van der Waals surface area contributed by atoms with Crippen molar-refractivity contribution in [3.63, 3.8) is 0 Å². The monoisotopic (exact) mass is 497 g/mol. The Morgan fingerprint density at radius 2 is 1.89 bits per heavy atom. The predicted molar refractivity (Wildman–Crippen MR) is 144 cm³/mol. The van der Waals surface area contributed by atoms with Crippen LogP contribution in [0.25, 0.3) is 28.6 Å². The molecule has 0 N–H and O–H groups in total. The van der Waals surface area contributed by atoms with Crippen LogP contribution in [0.15, 0.2) is 47.3 Å². The average Bonchev–Trinajstić information content (AvgIpc) is 3.45. The van der Waals surface area contributed by atoms with Crippen LogP contribution in [-0.2, 0) is 24.2 Å². The first-order valence-corrected chi connectivity index (χ1v) is 13.4. The van der Waals surface area contributed by atoms with Gasteiger partial charge in [0.1, 0.15) is 11.6 Å². The van der Waals surface area contributed by atoms with Crippen LogP contribution >= 0.6 is 0 Å². The van der Waals surface area contributed by atoms with Crippen LogP contribution < -0.4 is 5.56 Å². The van der Waals surface area contributed by atoms with Gasteiger partial charge in [-0.05, 0) is 79.3 Å². The van der Waals surface area contributed by atoms with Crippen molar-refractivity contribution in [2.45, 2.75) is 52.5 Å². The zero-order valence-electron chi connectivity index (χ0n) is 21.5. The minimum Gasteiger partial charge on any atom is -0.342 e. The Morgan fingerprint density at radius 3 is 2.65 bits per heavy atom. The molecule has 2 fully saturated rings. The second-order valence-corrected chi connectivity index (χ2v) is 10.7. The number of fused-ring (bicyclic) bond motifs is 1. The minimum atomic E-state index is -0.391. The molecule has 0 spiro atoms. The molecule has 0 radical (unpaired) electrons. The molecule has 1 aromatic heterocycles. The van der Waals surface area contributed by atoms with Gasteiger partial charge in [-0.15, -0.1) is 0 Å². The molecule has 1 amide bonds. The number of carbonyl (C=O) groups is 1. The standard InChI is InChI=1S/C31H32FN3O2/c1-3-26-19(2)33-29(35(31(26)37)18-20-13-14-34(17-20)30(36)22-8-9-22)27-12-11-25(16-28(27)32)24-10-7-21-5-4-6-23(21)15-24/h4-5,7,10-12,15-16,20,22H,3,6,8-9,13-14,17-18H2,1-2H3/t20-/m1/s1. The molecule has 0 bridgehead atoms. The summed E-state index contributed by atoms with van der Waals surface area (Å²) in [6.45, 7) is 5.57. The van der Waals surface area contributed by atoms with Gasteiger partial charge < -0.3 is 4.90 Å². The molecule has 2 aliphatic carbocycles. The molecule has 1 atom stereocenters. The van der Waals surface area contributed by atoms with Gasteiger partial charge in [-0.2, -0.15) is 0 Å². The van der Waals surface area contributed by atoms with Crippen molar-refractivity contribution in [3.8, 4) is 22.5 Å². The summed E-state index contributed by atoms with van der Waals surface area (Å²) in [6.07, 6.45) is 8.54. The van der Waals surface area contributed by atoms with Gasteiger partial charge >= 0.3 is 0 Å². The largest absolute Gasteiger partial charge is 0.342 e. The smallest absolute Gasteiger partial charge is 0.257 e. The van der Waals surface area contributed by atoms with E-state index in [0.717, 1.165) is 43.4 Å². The SMILES string of the molecule is CCc1c(C)nc(-c2ccc(-c3ccc4c(c3)CC=C4)cc2F)n(C[C@@H]2CCN(C(=O)C3CC3)C2)c1=O. The number of likely N-dealkylation sites (tertiary alicyclic amines) is 1. The quantitative estimate of drug-likeness (QED) is 0.457. The van der Waals surface area contributed by atoms with Crippen molar-refractivity contribution < 1.29 is 9.18 Å². The number of aromatic nitrogens is 2. The van der Waals surface area contributed by atoms with E-state index >= 15 is 4.39 Å². The fourth-order valence-corrected chi connectivity index (χ4v) is 5.82. The second-order valence-electron chi connectivity index (χ2n) is 10.7. The van der Waals surface area contributed by atoms with Gasteiger partial charge in [0.15, 0.2) is 0 Å². The van der Waals surface area contributed by atoms with E-state index in [1.54, 1.807) is 16.7 Å². The van der Waals surface area contributed by atoms with Gasteiger partial charge in [-0.3, -0.25) is 14.2 Å². The van der Waals surface area contributed by atoms with Gasteiger partial charge in [0.2, 0.25) is 5.91 Å². The first kappa shape index (κ1) is 23.8. The number of rotatable bonds is 6. The lowest BCUT2D eigenvalue weighted by Crippen LogP contribution is -2.33. The van der Waals surface area contributed by atoms with Crippen LogP contribution in [0.5, 0.6) is 0 Å². The third-order valence-electron chi connectivity index (χ3n) is 8.11. The maximum atomic E-state index is 15.7. The predicted octanol–water partition coefficient (Wildman–Crippen LogP) is 5.42. The molecule has 5 nitrogen and oxygen atoms in total. The van der Waals surface area contributed by atoms with Crippen molar-refractivity contribution in [1.82, 2.24) is 14.5 Å². The molecule has 3 aliphatic rings. The molecular formula is C31H32FN3O2. The first-order chi connectivity index (χ1) is 17.9. The summed E-state index contributed by atoms with van der Waals surface area (Å²) in [5.41, 5.74) is 5.77. The Morgan fingerprint density at radius 1 is 1.11 bits per heavy atom. The normalized spacial score (nSPS) is 18.5. The minimum absolute atomic E-state index is 0.105. The molecule has 1 saturated heterocycles. The van der Waals surface area contributed by atoms with Gasteiger partial charge in [-0.25, -0.2) is 9.37 Å². The van der Waals surface area contributed by atoms with Crippen LogP contribution in [-0.4, -0.2) is 33.4 Å². The number of halogens is 1. The van der Waals surface area contributed by atoms with Gasteiger partial charge in [-0.1, -0.05) is 43.3 Å². The first-order valence-electron chi connectivity index (χ1n) is 13.4. The topological polar surface area (TPSA) is 55.2 Å². The van der Waals surface area contributed by atoms with E-state index in [9.17, 15) is 9.59 Å². The summed E-state index contributed by atoms with van der Waals surface area (Å²) in [5.74, 6) is 0.566. The summed E-state index contributed by atoms with van der Waals surface area (Å²) in [7, 11) is 0. The second kappa shape index (κ2) is 9.40. The lowest BCUT2D eigenvalue weighted by molar-refractivity contribution is -0.131. The number of hydrogen-bond acceptors (Lipinski definition) is 3. The van der Waals surface area contributed by atoms with E-state index in [1.807, 2.05) is 30.9 Å². The van der Waals surface area contributed by atoms with Crippen LogP contribution in [0.4, 0.5) is 4.39 Å². The number of amides is 1. The number of carbonyl (C=O) groups excluding carboxylic acids is 1. The Labute approximate surface area is 216 Å². The van der Waals surface area contributed by atoms with E-state index in [-0.39, 0.29) is 23.3 Å². The Kier molecular flexibility index (Phi) is 6.06. The van der Waals surface area contributed by atoms with Gasteiger partial charge in [0.25, 0.3) is 5.56 Å². The fraction of sp³-hybridized carbons (Fsp3) is 0.387. The summed E-state index contributed by atoms with van der Waals surface area (Å²) in [5, 5.41) is 0. The zero-order valence-corrected chi connectivity index (χ0v) is 21.5. The molecule has 6 heteroatoms. The number of nitrogens with zero attached hydrogens (tertiary/aromatic N) is 3. The molecule has 37 heavy (non-hydrogen) atoms. The van der Waals surface area contributed by atoms with Crippen molar-refractivity contribution in [1.29, 1.82) is 0 Å². The van der Waals surface area contributed by atoms with Crippen LogP contribution in [0.3, 0.4) is 0 Å². The van der Waals surface area contributed by atoms with E-state index in [2.05, 4.69) is 24.3 Å². The number of aryl methyl sites for hydroxylation is 1. The lowest BCUT2D eigenvalue weighted by atomic mass is 9.98. The van der Waals surface area contributed by atoms with Crippen molar-refractivity contribution in [3.05, 3.63) is 81.0 Å². The number of benzene rings is 2. The molecule has 2 aromatic carbocycles. The molecule has 1 saturated carbocycles. The fourth-order valence-electron chi connectivity index (χ4n) is 5.82. The summed E-state index contributed by atoms with van der Waals surface area (Å²) < 4.78 is 17.3. The highest BCUT2D eigenvalue weighted by Gasteiger charge is 2.37. The van der Waals surface area contributed by atoms with E-state index in [1.165, 1.54) is 11.1 Å². The molecule has 190 valence electrons. The molecule has 1 aliphatic heterocycles. The highest BCUT2D eigenvalue weighted by atomic mass is 19.1. The molecule has 3 aromatic rings. The Bertz CT molecular complexity index is 1480. The van der Waals surface area contributed by atoms with E-state index in [0.29, 0.717) is 42.2 Å². The molecule has 6 rings (SSSR count). The zero-order chi connectivity index (χ0) is 25.7. The van der Waals surface area contributed by atoms with Crippen molar-refractivity contribution >= 4 is 12.0 Å². The average molecular weight is 498 g/mol. The van der Waals surface area contributed by atoms with Gasteiger partial charge in [0, 0.05) is 36.8 Å². The third-order valence-corrected chi connectivity index (χ3v) is 8.11. The summed E-state index contributed by atoms with van der Waals surface area (Å²) in [6, 6.07) is 11.4. The summed E-state index contributed by atoms with van der Waals surface area (Å²) >= 11 is 0. The lowest BCUT2D eigenvalue weighted by Gasteiger charge is -2.20. The van der Waals surface area contributed by atoms with Gasteiger partial charge in [0.05, 0.1) is 5.56 Å². The molecular weight excluding hydrogens is 465 g/mol. The number of allylic oxidation sites excluding steroid dienone is 1. The van der Waals surface area contributed by atoms with Crippen LogP contribution in [0.1, 0.15) is 48.6 Å². The van der Waals surface area contributed by atoms with Crippen LogP contribution in [0, 0.1) is 24.6 Å². The Hall–Kier alpha value is -3.54. The van der Waals surface area contributed by atoms with Crippen LogP contribution in [0.2, 0.25) is 0 Å². The highest BCUT2D eigenvalue weighted by Crippen LogP contribution is 2.34. The summed E-state index contributed by atoms with van der Waals surface area (Å²) in [4.78, 5) is 32.8. The maximum Gasteiger partial charge on any atom is 0.257 e. The third kappa shape index (κ3) is 4.43. The number of hydrogen-bond donors (Lipinski definition) is 0. The van der Waals surface area contributed by atoms with Crippen molar-refractivity contribution in [2.24, 2.45) is 11.8 Å². The maximum absolute atomic E-state index is 15.7. The molecule has 2 heterocycles. The van der Waals surface area contributed by atoms with Crippen molar-refractivity contribution in [2.75, 3.05) is 13.1 Å². The van der Waals surface area contributed by atoms with E-state index in [4.69, 9.17) is 4.98 Å². The van der Waals surface area contributed by atoms with E-state index < -0.39 is 5.82 Å². The molecule has 0 unspecified atom stereocenters.